The summed E-state index contributed by atoms with van der Waals surface area (Å²) in [7, 11) is 0. The van der Waals surface area contributed by atoms with Crippen LogP contribution in [0.2, 0.25) is 0 Å². The highest BCUT2D eigenvalue weighted by molar-refractivity contribution is 7.80. The number of nitrogens with one attached hydrogen (secondary N) is 2. The van der Waals surface area contributed by atoms with Crippen LogP contribution >= 0.6 is 12.2 Å². The van der Waals surface area contributed by atoms with Gasteiger partial charge in [-0.3, -0.25) is 19.7 Å². The first-order chi connectivity index (χ1) is 16.3. The van der Waals surface area contributed by atoms with Crippen LogP contribution in [0.5, 0.6) is 5.75 Å². The minimum atomic E-state index is -0.868. The van der Waals surface area contributed by atoms with E-state index < -0.39 is 17.9 Å². The maximum Gasteiger partial charge on any atom is 0.308 e. The average Bonchev–Trinajstić information content (AvgIpc) is 2.81. The number of hydrogen-bond acceptors (Lipinski definition) is 6. The van der Waals surface area contributed by atoms with Gasteiger partial charge in [0.25, 0.3) is 5.91 Å². The van der Waals surface area contributed by atoms with E-state index in [4.69, 9.17) is 21.7 Å². The Balaban J connectivity index is 1.60. The molecule has 2 N–H and O–H groups in total. The van der Waals surface area contributed by atoms with Crippen LogP contribution in [0.25, 0.3) is 0 Å². The Hall–Kier alpha value is -3.46. The fraction of sp³-hybridized carbons (Fsp3) is 0.360. The molecule has 2 amide bonds. The SMILES string of the molecule is CC(C)Oc1ccccc1C(=O)NC(=S)N1CCNC(=O)C1CC(=O)OCCc1ccccc1. The van der Waals surface area contributed by atoms with Gasteiger partial charge in [0, 0.05) is 19.5 Å². The van der Waals surface area contributed by atoms with Crippen molar-refractivity contribution in [1.82, 2.24) is 15.5 Å². The number of ether oxygens (including phenoxy) is 2. The average molecular weight is 484 g/mol. The topological polar surface area (TPSA) is 97.0 Å². The van der Waals surface area contributed by atoms with Crippen molar-refractivity contribution in [3.63, 3.8) is 0 Å². The van der Waals surface area contributed by atoms with Gasteiger partial charge in [0.2, 0.25) is 5.91 Å². The molecule has 0 aromatic heterocycles. The number of esters is 1. The molecule has 180 valence electrons. The highest BCUT2D eigenvalue weighted by Crippen LogP contribution is 2.20. The Morgan fingerprint density at radius 2 is 1.85 bits per heavy atom. The third-order valence-corrected chi connectivity index (χ3v) is 5.50. The minimum Gasteiger partial charge on any atom is -0.490 e. The summed E-state index contributed by atoms with van der Waals surface area (Å²) < 4.78 is 11.0. The Labute approximate surface area is 204 Å². The van der Waals surface area contributed by atoms with E-state index in [9.17, 15) is 14.4 Å². The number of rotatable bonds is 8. The summed E-state index contributed by atoms with van der Waals surface area (Å²) in [4.78, 5) is 39.4. The van der Waals surface area contributed by atoms with Gasteiger partial charge >= 0.3 is 5.97 Å². The number of amides is 2. The van der Waals surface area contributed by atoms with Crippen molar-refractivity contribution in [1.29, 1.82) is 0 Å². The standard InChI is InChI=1S/C25H29N3O5S/c1-17(2)33-21-11-7-6-10-19(21)23(30)27-25(34)28-14-13-26-24(31)20(28)16-22(29)32-15-12-18-8-4-3-5-9-18/h3-11,17,20H,12-16H2,1-2H3,(H,26,31)(H,27,30,34). The van der Waals surface area contributed by atoms with Crippen LogP contribution in [0, 0.1) is 0 Å². The molecule has 1 saturated heterocycles. The summed E-state index contributed by atoms with van der Waals surface area (Å²) in [5, 5.41) is 5.48. The number of carbonyl (C=O) groups excluding carboxylic acids is 3. The number of carbonyl (C=O) groups is 3. The van der Waals surface area contributed by atoms with E-state index >= 15 is 0 Å². The Kier molecular flexibility index (Phi) is 8.98. The van der Waals surface area contributed by atoms with Crippen LogP contribution in [-0.2, 0) is 20.7 Å². The summed E-state index contributed by atoms with van der Waals surface area (Å²) >= 11 is 5.44. The summed E-state index contributed by atoms with van der Waals surface area (Å²) in [5.74, 6) is -0.858. The first-order valence-electron chi connectivity index (χ1n) is 11.2. The second kappa shape index (κ2) is 12.1. The molecule has 2 aromatic carbocycles. The van der Waals surface area contributed by atoms with Gasteiger partial charge in [-0.2, -0.15) is 0 Å². The van der Waals surface area contributed by atoms with E-state index in [1.165, 1.54) is 0 Å². The number of hydrogen-bond donors (Lipinski definition) is 2. The molecule has 0 spiro atoms. The largest absolute Gasteiger partial charge is 0.490 e. The summed E-state index contributed by atoms with van der Waals surface area (Å²) in [5.41, 5.74) is 1.38. The van der Waals surface area contributed by atoms with Gasteiger partial charge in [-0.1, -0.05) is 42.5 Å². The number of benzene rings is 2. The molecule has 8 nitrogen and oxygen atoms in total. The third kappa shape index (κ3) is 7.02. The zero-order chi connectivity index (χ0) is 24.5. The lowest BCUT2D eigenvalue weighted by molar-refractivity contribution is -0.147. The van der Waals surface area contributed by atoms with E-state index in [1.807, 2.05) is 44.2 Å². The van der Waals surface area contributed by atoms with Crippen molar-refractivity contribution < 1.29 is 23.9 Å². The lowest BCUT2D eigenvalue weighted by Gasteiger charge is -2.36. The fourth-order valence-corrected chi connectivity index (χ4v) is 3.86. The molecule has 1 fully saturated rings. The second-order valence-electron chi connectivity index (χ2n) is 8.08. The normalized spacial score (nSPS) is 15.4. The predicted molar refractivity (Wildman–Crippen MR) is 131 cm³/mol. The zero-order valence-electron chi connectivity index (χ0n) is 19.3. The van der Waals surface area contributed by atoms with E-state index in [0.717, 1.165) is 5.56 Å². The van der Waals surface area contributed by atoms with Crippen LogP contribution in [-0.4, -0.2) is 59.6 Å². The molecule has 1 aliphatic heterocycles. The van der Waals surface area contributed by atoms with Crippen LogP contribution in [0.15, 0.2) is 54.6 Å². The minimum absolute atomic E-state index is 0.0706. The zero-order valence-corrected chi connectivity index (χ0v) is 20.1. The highest BCUT2D eigenvalue weighted by Gasteiger charge is 2.34. The molecule has 1 unspecified atom stereocenters. The van der Waals surface area contributed by atoms with Gasteiger partial charge < -0.3 is 19.7 Å². The molecule has 0 aliphatic carbocycles. The van der Waals surface area contributed by atoms with E-state index in [1.54, 1.807) is 29.2 Å². The molecule has 1 aliphatic rings. The molecule has 0 radical (unpaired) electrons. The number of para-hydroxylation sites is 1. The van der Waals surface area contributed by atoms with Gasteiger partial charge in [0.1, 0.15) is 11.8 Å². The molecule has 0 bridgehead atoms. The monoisotopic (exact) mass is 483 g/mol. The lowest BCUT2D eigenvalue weighted by atomic mass is 10.1. The Morgan fingerprint density at radius 1 is 1.15 bits per heavy atom. The second-order valence-corrected chi connectivity index (χ2v) is 8.47. The van der Waals surface area contributed by atoms with E-state index in [0.29, 0.717) is 30.8 Å². The van der Waals surface area contributed by atoms with Gasteiger partial charge in [-0.05, 0) is 43.8 Å². The molecular weight excluding hydrogens is 454 g/mol. The molecular formula is C25H29N3O5S. The fourth-order valence-electron chi connectivity index (χ4n) is 3.55. The summed E-state index contributed by atoms with van der Waals surface area (Å²) in [6.45, 7) is 4.66. The van der Waals surface area contributed by atoms with E-state index in [2.05, 4.69) is 10.6 Å². The maximum absolute atomic E-state index is 12.9. The predicted octanol–water partition coefficient (Wildman–Crippen LogP) is 2.46. The molecule has 2 aromatic rings. The van der Waals surface area contributed by atoms with Crippen molar-refractivity contribution in [2.24, 2.45) is 0 Å². The van der Waals surface area contributed by atoms with Gasteiger partial charge in [-0.25, -0.2) is 0 Å². The molecule has 1 heterocycles. The van der Waals surface area contributed by atoms with Gasteiger partial charge in [0.15, 0.2) is 5.11 Å². The van der Waals surface area contributed by atoms with Gasteiger partial charge in [-0.15, -0.1) is 0 Å². The van der Waals surface area contributed by atoms with Crippen LogP contribution in [0.4, 0.5) is 0 Å². The molecule has 3 rings (SSSR count). The summed E-state index contributed by atoms with van der Waals surface area (Å²) in [6.07, 6.45) is 0.298. The maximum atomic E-state index is 12.9. The molecule has 0 saturated carbocycles. The molecule has 9 heteroatoms. The molecule has 34 heavy (non-hydrogen) atoms. The summed E-state index contributed by atoms with van der Waals surface area (Å²) in [6, 6.07) is 15.7. The Morgan fingerprint density at radius 3 is 2.59 bits per heavy atom. The number of piperazine rings is 1. The van der Waals surface area contributed by atoms with Crippen LogP contribution in [0.1, 0.15) is 36.2 Å². The Bertz CT molecular complexity index is 1030. The quantitative estimate of drug-likeness (QED) is 0.440. The smallest absolute Gasteiger partial charge is 0.308 e. The first kappa shape index (κ1) is 25.2. The van der Waals surface area contributed by atoms with Crippen molar-refractivity contribution >= 4 is 35.1 Å². The van der Waals surface area contributed by atoms with Crippen molar-refractivity contribution in [2.75, 3.05) is 19.7 Å². The number of nitrogens with zero attached hydrogens (tertiary/aromatic N) is 1. The van der Waals surface area contributed by atoms with Crippen LogP contribution in [0.3, 0.4) is 0 Å². The highest BCUT2D eigenvalue weighted by atomic mass is 32.1. The van der Waals surface area contributed by atoms with Crippen molar-refractivity contribution in [2.45, 2.75) is 38.8 Å². The molecule has 1 atom stereocenters. The van der Waals surface area contributed by atoms with E-state index in [-0.39, 0.29) is 30.2 Å². The van der Waals surface area contributed by atoms with Crippen molar-refractivity contribution in [3.05, 3.63) is 65.7 Å². The third-order valence-electron chi connectivity index (χ3n) is 5.16. The van der Waals surface area contributed by atoms with Gasteiger partial charge in [0.05, 0.1) is 24.7 Å². The lowest BCUT2D eigenvalue weighted by Crippen LogP contribution is -2.60. The van der Waals surface area contributed by atoms with Crippen molar-refractivity contribution in [3.8, 4) is 5.75 Å². The van der Waals surface area contributed by atoms with Crippen LogP contribution < -0.4 is 15.4 Å². The first-order valence-corrected chi connectivity index (χ1v) is 11.6. The number of thiocarbonyl (C=S) groups is 1.